The van der Waals surface area contributed by atoms with Gasteiger partial charge >= 0.3 is 0 Å². The molecule has 1 atom stereocenters. The number of halogens is 1. The first kappa shape index (κ1) is 25.0. The number of rotatable bonds is 8. The molecule has 1 saturated heterocycles. The third-order valence-electron chi connectivity index (χ3n) is 6.04. The molecule has 1 saturated carbocycles. The van der Waals surface area contributed by atoms with E-state index < -0.39 is 0 Å². The summed E-state index contributed by atoms with van der Waals surface area (Å²) in [4.78, 5) is 6.78. The van der Waals surface area contributed by atoms with Crippen molar-refractivity contribution in [3.05, 3.63) is 24.3 Å². The van der Waals surface area contributed by atoms with Crippen LogP contribution >= 0.6 is 24.0 Å². The van der Waals surface area contributed by atoms with Crippen LogP contribution < -0.4 is 20.3 Å². The predicted octanol–water partition coefficient (Wildman–Crippen LogP) is 4.04. The number of methoxy groups -OCH3 is 1. The SMILES string of the molecule is CN=C(NCCOC1CCCCCC1)NCC1CCN(c2ccccc2OC)C1.I. The molecule has 2 N–H and O–H groups in total. The van der Waals surface area contributed by atoms with Crippen molar-refractivity contribution in [3.8, 4) is 5.75 Å². The van der Waals surface area contributed by atoms with Gasteiger partial charge in [0.2, 0.25) is 0 Å². The molecule has 1 heterocycles. The molecule has 0 bridgehead atoms. The zero-order valence-electron chi connectivity index (χ0n) is 18.6. The molecule has 2 fully saturated rings. The molecule has 7 heteroatoms. The van der Waals surface area contributed by atoms with E-state index in [1.54, 1.807) is 7.11 Å². The number of guanidine groups is 1. The topological polar surface area (TPSA) is 58.1 Å². The normalized spacial score (nSPS) is 20.4. The van der Waals surface area contributed by atoms with E-state index >= 15 is 0 Å². The van der Waals surface area contributed by atoms with Gasteiger partial charge in [0.1, 0.15) is 5.75 Å². The standard InChI is InChI=1S/C23H38N4O2.HI/c1-24-23(25-14-16-29-20-9-5-3-4-6-10-20)26-17-19-13-15-27(18-19)21-11-7-8-12-22(21)28-2;/h7-8,11-12,19-20H,3-6,9-10,13-18H2,1-2H3,(H2,24,25,26);1H. The maximum absolute atomic E-state index is 6.06. The Balaban J connectivity index is 0.00000320. The number of hydrogen-bond donors (Lipinski definition) is 2. The first-order valence-electron chi connectivity index (χ1n) is 11.2. The van der Waals surface area contributed by atoms with Crippen LogP contribution in [0.1, 0.15) is 44.9 Å². The smallest absolute Gasteiger partial charge is 0.191 e. The van der Waals surface area contributed by atoms with E-state index in [4.69, 9.17) is 9.47 Å². The van der Waals surface area contributed by atoms with E-state index in [2.05, 4.69) is 32.7 Å². The molecule has 1 aliphatic heterocycles. The van der Waals surface area contributed by atoms with Gasteiger partial charge in [0, 0.05) is 33.2 Å². The minimum Gasteiger partial charge on any atom is -0.495 e. The Morgan fingerprint density at radius 3 is 2.60 bits per heavy atom. The minimum atomic E-state index is 0. The summed E-state index contributed by atoms with van der Waals surface area (Å²) in [7, 11) is 3.57. The van der Waals surface area contributed by atoms with Crippen LogP contribution in [0.2, 0.25) is 0 Å². The van der Waals surface area contributed by atoms with Gasteiger partial charge in [-0.15, -0.1) is 24.0 Å². The van der Waals surface area contributed by atoms with Gasteiger partial charge in [-0.25, -0.2) is 0 Å². The lowest BCUT2D eigenvalue weighted by molar-refractivity contribution is 0.0468. The molecule has 6 nitrogen and oxygen atoms in total. The second kappa shape index (κ2) is 14.0. The number of nitrogens with zero attached hydrogens (tertiary/aromatic N) is 2. The number of nitrogens with one attached hydrogen (secondary N) is 2. The Labute approximate surface area is 199 Å². The number of hydrogen-bond acceptors (Lipinski definition) is 4. The first-order chi connectivity index (χ1) is 14.3. The number of ether oxygens (including phenoxy) is 2. The van der Waals surface area contributed by atoms with Crippen LogP contribution in [0.15, 0.2) is 29.3 Å². The van der Waals surface area contributed by atoms with E-state index in [-0.39, 0.29) is 24.0 Å². The van der Waals surface area contributed by atoms with Crippen LogP contribution in [0, 0.1) is 5.92 Å². The largest absolute Gasteiger partial charge is 0.495 e. The Bertz CT molecular complexity index is 635. The maximum atomic E-state index is 6.06. The van der Waals surface area contributed by atoms with Crippen LogP contribution in [0.25, 0.3) is 0 Å². The molecule has 1 aromatic rings. The van der Waals surface area contributed by atoms with Gasteiger partial charge in [-0.2, -0.15) is 0 Å². The fraction of sp³-hybridized carbons (Fsp3) is 0.696. The van der Waals surface area contributed by atoms with Crippen molar-refractivity contribution in [2.24, 2.45) is 10.9 Å². The first-order valence-corrected chi connectivity index (χ1v) is 11.2. The van der Waals surface area contributed by atoms with Crippen LogP contribution in [0.3, 0.4) is 0 Å². The van der Waals surface area contributed by atoms with Gasteiger partial charge in [-0.05, 0) is 37.3 Å². The molecule has 2 aliphatic rings. The van der Waals surface area contributed by atoms with E-state index in [1.807, 2.05) is 19.2 Å². The molecule has 170 valence electrons. The molecule has 30 heavy (non-hydrogen) atoms. The average molecular weight is 530 g/mol. The predicted molar refractivity (Wildman–Crippen MR) is 136 cm³/mol. The molecule has 0 aromatic heterocycles. The zero-order chi connectivity index (χ0) is 20.3. The fourth-order valence-electron chi connectivity index (χ4n) is 4.37. The van der Waals surface area contributed by atoms with E-state index in [9.17, 15) is 0 Å². The molecule has 0 amide bonds. The van der Waals surface area contributed by atoms with Crippen LogP contribution in [0.4, 0.5) is 5.69 Å². The molecule has 3 rings (SSSR count). The fourth-order valence-corrected chi connectivity index (χ4v) is 4.37. The molecule has 1 unspecified atom stereocenters. The third kappa shape index (κ3) is 7.80. The van der Waals surface area contributed by atoms with Crippen molar-refractivity contribution >= 4 is 35.6 Å². The van der Waals surface area contributed by atoms with Crippen molar-refractivity contribution in [1.29, 1.82) is 0 Å². The molecule has 1 aromatic carbocycles. The van der Waals surface area contributed by atoms with Crippen LogP contribution in [-0.4, -0.2) is 59.0 Å². The van der Waals surface area contributed by atoms with Crippen LogP contribution in [-0.2, 0) is 4.74 Å². The molecule has 0 spiro atoms. The van der Waals surface area contributed by atoms with Gasteiger partial charge in [0.15, 0.2) is 5.96 Å². The summed E-state index contributed by atoms with van der Waals surface area (Å²) in [6.45, 7) is 4.57. The third-order valence-corrected chi connectivity index (χ3v) is 6.04. The summed E-state index contributed by atoms with van der Waals surface area (Å²) in [5.41, 5.74) is 1.19. The summed E-state index contributed by atoms with van der Waals surface area (Å²) in [5.74, 6) is 2.41. The van der Waals surface area contributed by atoms with Crippen molar-refractivity contribution in [1.82, 2.24) is 10.6 Å². The highest BCUT2D eigenvalue weighted by Crippen LogP contribution is 2.31. The Kier molecular flexibility index (Phi) is 11.7. The van der Waals surface area contributed by atoms with Crippen molar-refractivity contribution < 1.29 is 9.47 Å². The van der Waals surface area contributed by atoms with E-state index in [0.29, 0.717) is 12.0 Å². The van der Waals surface area contributed by atoms with Gasteiger partial charge in [0.05, 0.1) is 25.5 Å². The lowest BCUT2D eigenvalue weighted by atomic mass is 10.1. The minimum absolute atomic E-state index is 0. The monoisotopic (exact) mass is 530 g/mol. The van der Waals surface area contributed by atoms with Crippen molar-refractivity contribution in [3.63, 3.8) is 0 Å². The molecular formula is C23H39IN4O2. The summed E-state index contributed by atoms with van der Waals surface area (Å²) >= 11 is 0. The molecule has 1 aliphatic carbocycles. The summed E-state index contributed by atoms with van der Waals surface area (Å²) in [6.07, 6.45) is 9.42. The van der Waals surface area contributed by atoms with Crippen molar-refractivity contribution in [2.45, 2.75) is 51.0 Å². The second-order valence-corrected chi connectivity index (χ2v) is 8.14. The lowest BCUT2D eigenvalue weighted by Gasteiger charge is -2.21. The van der Waals surface area contributed by atoms with E-state index in [0.717, 1.165) is 44.5 Å². The Hall–Kier alpha value is -1.22. The molecular weight excluding hydrogens is 491 g/mol. The number of para-hydroxylation sites is 2. The number of benzene rings is 1. The van der Waals surface area contributed by atoms with Gasteiger partial charge in [0.25, 0.3) is 0 Å². The Morgan fingerprint density at radius 2 is 1.87 bits per heavy atom. The second-order valence-electron chi connectivity index (χ2n) is 8.14. The van der Waals surface area contributed by atoms with Gasteiger partial charge in [-0.1, -0.05) is 37.8 Å². The average Bonchev–Trinajstić information content (AvgIpc) is 3.08. The van der Waals surface area contributed by atoms with Crippen LogP contribution in [0.5, 0.6) is 5.75 Å². The zero-order valence-corrected chi connectivity index (χ0v) is 20.9. The van der Waals surface area contributed by atoms with Gasteiger partial charge < -0.3 is 25.0 Å². The quantitative estimate of drug-likeness (QED) is 0.175. The van der Waals surface area contributed by atoms with Crippen molar-refractivity contribution in [2.75, 3.05) is 51.8 Å². The number of aliphatic imine (C=N–C) groups is 1. The lowest BCUT2D eigenvalue weighted by Crippen LogP contribution is -2.41. The summed E-state index contributed by atoms with van der Waals surface area (Å²) in [6, 6.07) is 8.27. The highest BCUT2D eigenvalue weighted by atomic mass is 127. The molecule has 0 radical (unpaired) electrons. The maximum Gasteiger partial charge on any atom is 0.191 e. The highest BCUT2D eigenvalue weighted by molar-refractivity contribution is 14.0. The van der Waals surface area contributed by atoms with Gasteiger partial charge in [-0.3, -0.25) is 4.99 Å². The summed E-state index contributed by atoms with van der Waals surface area (Å²) in [5, 5.41) is 6.88. The highest BCUT2D eigenvalue weighted by Gasteiger charge is 2.24. The number of anilines is 1. The Morgan fingerprint density at radius 1 is 1.10 bits per heavy atom. The van der Waals surface area contributed by atoms with E-state index in [1.165, 1.54) is 50.6 Å². The summed E-state index contributed by atoms with van der Waals surface area (Å²) < 4.78 is 11.6.